The van der Waals surface area contributed by atoms with E-state index in [0.29, 0.717) is 24.2 Å². The average Bonchev–Trinajstić information content (AvgIpc) is 3.33. The van der Waals surface area contributed by atoms with Crippen molar-refractivity contribution in [3.05, 3.63) is 87.8 Å². The Labute approximate surface area is 162 Å². The number of H-pyrrole nitrogens is 1. The van der Waals surface area contributed by atoms with Crippen molar-refractivity contribution in [1.29, 1.82) is 0 Å². The molecule has 6 nitrogen and oxygen atoms in total. The highest BCUT2D eigenvalue weighted by atomic mass is 16.1. The van der Waals surface area contributed by atoms with Crippen LogP contribution in [0.15, 0.2) is 65.5 Å². The fourth-order valence-corrected chi connectivity index (χ4v) is 3.97. The van der Waals surface area contributed by atoms with Crippen molar-refractivity contribution in [3.63, 3.8) is 0 Å². The van der Waals surface area contributed by atoms with Gasteiger partial charge in [0.25, 0.3) is 11.3 Å². The Kier molecular flexibility index (Phi) is 4.06. The van der Waals surface area contributed by atoms with Crippen LogP contribution in [0.1, 0.15) is 16.8 Å². The van der Waals surface area contributed by atoms with Gasteiger partial charge in [-0.3, -0.25) is 14.8 Å². The van der Waals surface area contributed by atoms with Crippen LogP contribution in [0.2, 0.25) is 0 Å². The largest absolute Gasteiger partial charge is 0.297 e. The molecule has 0 radical (unpaired) electrons. The SMILES string of the molecule is CN(Cc1cc(=O)n2[nH]c(-c3ccccc3)nc2n1)C1Cc2ccccc2C1. The fraction of sp³-hybridized carbons (Fsp3) is 0.227. The van der Waals surface area contributed by atoms with Gasteiger partial charge in [0.05, 0.1) is 5.69 Å². The van der Waals surface area contributed by atoms with E-state index in [9.17, 15) is 4.79 Å². The normalized spacial score (nSPS) is 14.1. The Balaban J connectivity index is 1.40. The minimum Gasteiger partial charge on any atom is -0.297 e. The number of hydrogen-bond acceptors (Lipinski definition) is 4. The third-order valence-corrected chi connectivity index (χ3v) is 5.50. The number of hydrogen-bond donors (Lipinski definition) is 1. The van der Waals surface area contributed by atoms with E-state index in [1.807, 2.05) is 30.3 Å². The van der Waals surface area contributed by atoms with E-state index in [1.165, 1.54) is 15.6 Å². The minimum atomic E-state index is -0.141. The Morgan fingerprint density at radius 1 is 1.04 bits per heavy atom. The quantitative estimate of drug-likeness (QED) is 0.599. The summed E-state index contributed by atoms with van der Waals surface area (Å²) >= 11 is 0. The van der Waals surface area contributed by atoms with Crippen molar-refractivity contribution in [1.82, 2.24) is 24.5 Å². The summed E-state index contributed by atoms with van der Waals surface area (Å²) in [4.78, 5) is 24.0. The molecule has 0 aliphatic heterocycles. The summed E-state index contributed by atoms with van der Waals surface area (Å²) in [6.45, 7) is 0.623. The molecule has 5 rings (SSSR count). The third kappa shape index (κ3) is 3.01. The lowest BCUT2D eigenvalue weighted by Gasteiger charge is -2.23. The van der Waals surface area contributed by atoms with E-state index in [2.05, 4.69) is 51.3 Å². The summed E-state index contributed by atoms with van der Waals surface area (Å²) in [5.74, 6) is 1.05. The van der Waals surface area contributed by atoms with Crippen molar-refractivity contribution in [2.24, 2.45) is 0 Å². The predicted molar refractivity (Wildman–Crippen MR) is 108 cm³/mol. The van der Waals surface area contributed by atoms with Gasteiger partial charge < -0.3 is 0 Å². The molecule has 140 valence electrons. The van der Waals surface area contributed by atoms with Crippen LogP contribution in [0.5, 0.6) is 0 Å². The summed E-state index contributed by atoms with van der Waals surface area (Å²) in [6, 6.07) is 20.4. The zero-order chi connectivity index (χ0) is 19.1. The smallest absolute Gasteiger partial charge is 0.274 e. The zero-order valence-electron chi connectivity index (χ0n) is 15.7. The number of fused-ring (bicyclic) bond motifs is 2. The van der Waals surface area contributed by atoms with Crippen molar-refractivity contribution >= 4 is 5.78 Å². The molecule has 0 unspecified atom stereocenters. The Morgan fingerprint density at radius 2 is 1.71 bits per heavy atom. The highest BCUT2D eigenvalue weighted by Gasteiger charge is 2.24. The second kappa shape index (κ2) is 6.73. The van der Waals surface area contributed by atoms with Crippen LogP contribution < -0.4 is 5.56 Å². The maximum Gasteiger partial charge on any atom is 0.274 e. The summed E-state index contributed by atoms with van der Waals surface area (Å²) in [5, 5.41) is 3.04. The van der Waals surface area contributed by atoms with E-state index in [4.69, 9.17) is 0 Å². The van der Waals surface area contributed by atoms with Crippen molar-refractivity contribution < 1.29 is 0 Å². The lowest BCUT2D eigenvalue weighted by atomic mass is 10.1. The summed E-state index contributed by atoms with van der Waals surface area (Å²) in [7, 11) is 2.10. The second-order valence-electron chi connectivity index (χ2n) is 7.41. The molecule has 2 heterocycles. The van der Waals surface area contributed by atoms with Gasteiger partial charge in [0, 0.05) is 24.2 Å². The van der Waals surface area contributed by atoms with E-state index in [1.54, 1.807) is 6.07 Å². The Hall–Kier alpha value is -3.25. The first-order valence-electron chi connectivity index (χ1n) is 9.48. The van der Waals surface area contributed by atoms with E-state index >= 15 is 0 Å². The highest BCUT2D eigenvalue weighted by Crippen LogP contribution is 2.25. The molecule has 1 aliphatic carbocycles. The van der Waals surface area contributed by atoms with Gasteiger partial charge in [0.2, 0.25) is 0 Å². The lowest BCUT2D eigenvalue weighted by Crippen LogP contribution is -2.32. The first-order chi connectivity index (χ1) is 13.7. The van der Waals surface area contributed by atoms with Crippen LogP contribution in [0.3, 0.4) is 0 Å². The number of nitrogens with zero attached hydrogens (tertiary/aromatic N) is 4. The van der Waals surface area contributed by atoms with Crippen molar-refractivity contribution in [3.8, 4) is 11.4 Å². The number of rotatable bonds is 4. The highest BCUT2D eigenvalue weighted by molar-refractivity contribution is 5.56. The van der Waals surface area contributed by atoms with Gasteiger partial charge in [0.1, 0.15) is 0 Å². The molecule has 0 spiro atoms. The minimum absolute atomic E-state index is 0.141. The van der Waals surface area contributed by atoms with Crippen molar-refractivity contribution in [2.45, 2.75) is 25.4 Å². The van der Waals surface area contributed by atoms with Crippen LogP contribution in [0.4, 0.5) is 0 Å². The molecule has 0 saturated heterocycles. The maximum absolute atomic E-state index is 12.6. The average molecular weight is 371 g/mol. The van der Waals surface area contributed by atoms with E-state index < -0.39 is 0 Å². The van der Waals surface area contributed by atoms with Gasteiger partial charge in [-0.1, -0.05) is 54.6 Å². The maximum atomic E-state index is 12.6. The van der Waals surface area contributed by atoms with Crippen LogP contribution in [-0.4, -0.2) is 37.6 Å². The summed E-state index contributed by atoms with van der Waals surface area (Å²) < 4.78 is 1.40. The molecule has 0 saturated carbocycles. The van der Waals surface area contributed by atoms with Crippen LogP contribution >= 0.6 is 0 Å². The molecule has 1 aliphatic rings. The molecule has 0 amide bonds. The Bertz CT molecular complexity index is 1170. The van der Waals surface area contributed by atoms with Gasteiger partial charge in [-0.15, -0.1) is 0 Å². The standard InChI is InChI=1S/C22H21N5O/c1-26(19-11-16-9-5-6-10-17(16)12-19)14-18-13-20(28)27-22(23-18)24-21(25-27)15-7-3-2-4-8-15/h2-10,13,19H,11-12,14H2,1H3,(H,23,24,25). The topological polar surface area (TPSA) is 66.3 Å². The van der Waals surface area contributed by atoms with Gasteiger partial charge >= 0.3 is 0 Å². The first-order valence-corrected chi connectivity index (χ1v) is 9.48. The molecule has 0 bridgehead atoms. The fourth-order valence-electron chi connectivity index (χ4n) is 3.97. The van der Waals surface area contributed by atoms with Gasteiger partial charge in [0.15, 0.2) is 5.82 Å². The zero-order valence-corrected chi connectivity index (χ0v) is 15.7. The van der Waals surface area contributed by atoms with E-state index in [0.717, 1.165) is 24.1 Å². The predicted octanol–water partition coefficient (Wildman–Crippen LogP) is 2.68. The third-order valence-electron chi connectivity index (χ3n) is 5.50. The Morgan fingerprint density at radius 3 is 2.43 bits per heavy atom. The summed E-state index contributed by atoms with van der Waals surface area (Å²) in [6.07, 6.45) is 2.07. The molecule has 0 atom stereocenters. The van der Waals surface area contributed by atoms with Gasteiger partial charge in [-0.25, -0.2) is 4.98 Å². The van der Waals surface area contributed by atoms with Gasteiger partial charge in [-0.2, -0.15) is 9.50 Å². The second-order valence-corrected chi connectivity index (χ2v) is 7.41. The molecule has 2 aromatic carbocycles. The first kappa shape index (κ1) is 16.9. The molecule has 1 N–H and O–H groups in total. The van der Waals surface area contributed by atoms with Gasteiger partial charge in [-0.05, 0) is 31.0 Å². The molecule has 28 heavy (non-hydrogen) atoms. The number of likely N-dealkylation sites (N-methyl/N-ethyl adjacent to an activating group) is 1. The molecule has 6 heteroatoms. The molecule has 0 fully saturated rings. The number of benzene rings is 2. The summed E-state index contributed by atoms with van der Waals surface area (Å²) in [5.41, 5.74) is 4.37. The molecular formula is C22H21N5O. The van der Waals surface area contributed by atoms with Crippen LogP contribution in [0.25, 0.3) is 17.2 Å². The molecular weight excluding hydrogens is 350 g/mol. The lowest BCUT2D eigenvalue weighted by molar-refractivity contribution is 0.238. The van der Waals surface area contributed by atoms with Crippen molar-refractivity contribution in [2.75, 3.05) is 7.05 Å². The number of nitrogens with one attached hydrogen (secondary N) is 1. The number of aromatic amines is 1. The van der Waals surface area contributed by atoms with Crippen LogP contribution in [-0.2, 0) is 19.4 Å². The molecule has 2 aromatic heterocycles. The van der Waals surface area contributed by atoms with E-state index in [-0.39, 0.29) is 5.56 Å². The monoisotopic (exact) mass is 371 g/mol. The number of aromatic nitrogens is 4. The van der Waals surface area contributed by atoms with Crippen LogP contribution in [0, 0.1) is 0 Å². The molecule has 4 aromatic rings.